The van der Waals surface area contributed by atoms with Gasteiger partial charge < -0.3 is 36.6 Å². The monoisotopic (exact) mass is 582 g/mol. The molecule has 12 nitrogen and oxygen atoms in total. The van der Waals surface area contributed by atoms with Crippen LogP contribution in [-0.2, 0) is 9.53 Å². The molecule has 0 radical (unpaired) electrons. The summed E-state index contributed by atoms with van der Waals surface area (Å²) in [6.07, 6.45) is 8.69. The largest absolute Gasteiger partial charge is 0.438 e. The Bertz CT molecular complexity index is 1100. The molecule has 214 valence electrons. The summed E-state index contributed by atoms with van der Waals surface area (Å²) in [6, 6.07) is -0.0501. The van der Waals surface area contributed by atoms with E-state index < -0.39 is 23.5 Å². The highest BCUT2D eigenvalue weighted by molar-refractivity contribution is 6.40. The Balaban J connectivity index is 0.000000168. The van der Waals surface area contributed by atoms with E-state index >= 15 is 0 Å². The Morgan fingerprint density at radius 3 is 2.08 bits per heavy atom. The van der Waals surface area contributed by atoms with Gasteiger partial charge in [-0.3, -0.25) is 14.6 Å². The molecular formula is C25H36Cl2N8O4. The van der Waals surface area contributed by atoms with Crippen LogP contribution < -0.4 is 31.9 Å². The third kappa shape index (κ3) is 4.84. The first kappa shape index (κ1) is 28.8. The van der Waals surface area contributed by atoms with Crippen molar-refractivity contribution in [2.75, 3.05) is 11.9 Å². The van der Waals surface area contributed by atoms with E-state index in [4.69, 9.17) is 27.9 Å². The molecule has 6 rings (SSSR count). The van der Waals surface area contributed by atoms with E-state index in [0.717, 1.165) is 18.7 Å². The fourth-order valence-electron chi connectivity index (χ4n) is 6.15. The van der Waals surface area contributed by atoms with Gasteiger partial charge in [0, 0.05) is 13.5 Å². The van der Waals surface area contributed by atoms with Crippen LogP contribution in [0.5, 0.6) is 0 Å². The Kier molecular flexibility index (Phi) is 8.17. The standard InChI is InChI=1S/C13H18N4O3.C11H16N4O.CH2Cl2/c1-4-9-11-13(16-7(2)14-11)6-5-10(20-8(3)18)17(13)12(19)15-9;1-3-8-9-11(14-7(2)12-9)5-4-6-15(11)10(16)13-8;2-1-3/h5-6,9-11,14,16H,2,4H2,1,3H3,(H,15,19);4-5,8-9,12,14H,2-3,6H2,1H3,(H,13,16);1H2/t9-,10?,11-,13?;8-,9-,11?;/m00./s1. The number of hydrogen-bond acceptors (Lipinski definition) is 8. The Morgan fingerprint density at radius 2 is 1.51 bits per heavy atom. The quantitative estimate of drug-likeness (QED) is 0.167. The van der Waals surface area contributed by atoms with Gasteiger partial charge >= 0.3 is 18.0 Å². The number of esters is 1. The highest BCUT2D eigenvalue weighted by atomic mass is 35.5. The molecule has 7 atom stereocenters. The van der Waals surface area contributed by atoms with Gasteiger partial charge in [0.2, 0.25) is 6.23 Å². The second-order valence-electron chi connectivity index (χ2n) is 9.87. The number of ether oxygens (including phenoxy) is 1. The topological polar surface area (TPSA) is 139 Å². The van der Waals surface area contributed by atoms with Crippen molar-refractivity contribution in [3.63, 3.8) is 0 Å². The van der Waals surface area contributed by atoms with Gasteiger partial charge in [-0.05, 0) is 31.1 Å². The fraction of sp³-hybridized carbons (Fsp3) is 0.560. The number of carbonyl (C=O) groups excluding carboxylic acids is 3. The maximum absolute atomic E-state index is 12.4. The zero-order valence-corrected chi connectivity index (χ0v) is 23.7. The SMILES string of the molecule is C=C1N[C@H]2[C@H](CC)NC(=O)N3C(OC(C)=O)C=CC23N1.C=C1N[C@H]2[C@H](CC)NC(=O)N3CC=CC23N1.ClCCl. The van der Waals surface area contributed by atoms with Gasteiger partial charge in [0.05, 0.1) is 41.1 Å². The number of urea groups is 2. The molecule has 14 heteroatoms. The molecule has 39 heavy (non-hydrogen) atoms. The van der Waals surface area contributed by atoms with Crippen LogP contribution in [0.15, 0.2) is 49.1 Å². The molecule has 0 aromatic rings. The Hall–Kier alpha value is -3.25. The van der Waals surface area contributed by atoms with Crippen LogP contribution in [0.25, 0.3) is 0 Å². The fourth-order valence-corrected chi connectivity index (χ4v) is 6.15. The molecule has 2 spiro atoms. The van der Waals surface area contributed by atoms with Crippen molar-refractivity contribution in [3.8, 4) is 0 Å². The lowest BCUT2D eigenvalue weighted by atomic mass is 9.91. The molecule has 0 bridgehead atoms. The minimum Gasteiger partial charge on any atom is -0.438 e. The highest BCUT2D eigenvalue weighted by Gasteiger charge is 2.60. The van der Waals surface area contributed by atoms with Gasteiger partial charge in [-0.15, -0.1) is 23.2 Å². The number of rotatable bonds is 3. The van der Waals surface area contributed by atoms with Gasteiger partial charge in [0.25, 0.3) is 0 Å². The first-order chi connectivity index (χ1) is 18.6. The van der Waals surface area contributed by atoms with Crippen LogP contribution >= 0.6 is 23.2 Å². The molecule has 6 aliphatic heterocycles. The zero-order chi connectivity index (χ0) is 28.5. The number of hydrogen-bond donors (Lipinski definition) is 6. The molecule has 6 N–H and O–H groups in total. The van der Waals surface area contributed by atoms with Crippen LogP contribution in [0.3, 0.4) is 0 Å². The maximum atomic E-state index is 12.4. The first-order valence-electron chi connectivity index (χ1n) is 12.9. The maximum Gasteiger partial charge on any atom is 0.323 e. The summed E-state index contributed by atoms with van der Waals surface area (Å²) >= 11 is 9.53. The van der Waals surface area contributed by atoms with Crippen molar-refractivity contribution < 1.29 is 19.1 Å². The number of carbonyl (C=O) groups is 3. The van der Waals surface area contributed by atoms with Crippen molar-refractivity contribution in [2.24, 2.45) is 0 Å². The molecule has 0 saturated carbocycles. The average molecular weight is 584 g/mol. The van der Waals surface area contributed by atoms with Gasteiger partial charge in [-0.1, -0.05) is 33.1 Å². The van der Waals surface area contributed by atoms with Crippen molar-refractivity contribution in [1.82, 2.24) is 41.7 Å². The Labute approximate surface area is 238 Å². The van der Waals surface area contributed by atoms with Crippen LogP contribution in [0.2, 0.25) is 0 Å². The van der Waals surface area contributed by atoms with E-state index in [9.17, 15) is 14.4 Å². The summed E-state index contributed by atoms with van der Waals surface area (Å²) in [6.45, 7) is 13.9. The van der Waals surface area contributed by atoms with E-state index in [-0.39, 0.29) is 41.6 Å². The van der Waals surface area contributed by atoms with E-state index in [0.29, 0.717) is 12.4 Å². The van der Waals surface area contributed by atoms with E-state index in [1.807, 2.05) is 24.0 Å². The molecule has 6 heterocycles. The summed E-state index contributed by atoms with van der Waals surface area (Å²) in [5, 5.41) is 19.3. The van der Waals surface area contributed by atoms with Crippen LogP contribution in [0.1, 0.15) is 33.6 Å². The van der Waals surface area contributed by atoms with Crippen molar-refractivity contribution >= 4 is 41.2 Å². The molecule has 0 aliphatic carbocycles. The molecule has 0 aromatic heterocycles. The smallest absolute Gasteiger partial charge is 0.323 e. The lowest BCUT2D eigenvalue weighted by molar-refractivity contribution is -0.152. The van der Waals surface area contributed by atoms with Crippen LogP contribution in [0.4, 0.5) is 9.59 Å². The third-order valence-corrected chi connectivity index (χ3v) is 7.64. The number of nitrogens with one attached hydrogen (secondary N) is 6. The summed E-state index contributed by atoms with van der Waals surface area (Å²) in [7, 11) is 0. The third-order valence-electron chi connectivity index (χ3n) is 7.64. The van der Waals surface area contributed by atoms with Gasteiger partial charge in [0.15, 0.2) is 11.3 Å². The minimum absolute atomic E-state index is 0.00269. The number of alkyl halides is 2. The summed E-state index contributed by atoms with van der Waals surface area (Å²) in [4.78, 5) is 38.8. The number of amides is 4. The molecule has 3 unspecified atom stereocenters. The summed E-state index contributed by atoms with van der Waals surface area (Å²) in [5.74, 6) is 1.02. The molecule has 4 saturated heterocycles. The van der Waals surface area contributed by atoms with Crippen LogP contribution in [-0.4, -0.2) is 81.4 Å². The number of nitrogens with zero attached hydrogens (tertiary/aromatic N) is 2. The summed E-state index contributed by atoms with van der Waals surface area (Å²) in [5.41, 5.74) is -1.12. The predicted octanol–water partition coefficient (Wildman–Crippen LogP) is 1.49. The summed E-state index contributed by atoms with van der Waals surface area (Å²) < 4.78 is 5.20. The predicted molar refractivity (Wildman–Crippen MR) is 148 cm³/mol. The van der Waals surface area contributed by atoms with Gasteiger partial charge in [0.1, 0.15) is 0 Å². The van der Waals surface area contributed by atoms with Gasteiger partial charge in [-0.25, -0.2) is 9.59 Å². The van der Waals surface area contributed by atoms with Gasteiger partial charge in [-0.2, -0.15) is 0 Å². The average Bonchev–Trinajstić information content (AvgIpc) is 3.62. The second-order valence-corrected chi connectivity index (χ2v) is 10.7. The van der Waals surface area contributed by atoms with E-state index in [1.54, 1.807) is 6.08 Å². The second kappa shape index (κ2) is 11.1. The normalized spacial score (nSPS) is 36.2. The van der Waals surface area contributed by atoms with Crippen LogP contribution in [0, 0.1) is 0 Å². The number of halogens is 2. The Morgan fingerprint density at radius 1 is 0.974 bits per heavy atom. The molecular weight excluding hydrogens is 547 g/mol. The molecule has 0 aromatic carbocycles. The van der Waals surface area contributed by atoms with Crippen molar-refractivity contribution in [1.29, 1.82) is 0 Å². The van der Waals surface area contributed by atoms with E-state index in [2.05, 4.69) is 58.1 Å². The zero-order valence-electron chi connectivity index (χ0n) is 22.2. The van der Waals surface area contributed by atoms with E-state index in [1.165, 1.54) is 11.8 Å². The lowest BCUT2D eigenvalue weighted by Gasteiger charge is -2.47. The minimum atomic E-state index is -0.722. The molecule has 6 aliphatic rings. The molecule has 4 amide bonds. The van der Waals surface area contributed by atoms with Crippen molar-refractivity contribution in [2.45, 2.75) is 75.3 Å². The first-order valence-corrected chi connectivity index (χ1v) is 13.9. The lowest BCUT2D eigenvalue weighted by Crippen LogP contribution is -2.74. The van der Waals surface area contributed by atoms with Crippen molar-refractivity contribution in [3.05, 3.63) is 49.1 Å². The highest BCUT2D eigenvalue weighted by Crippen LogP contribution is 2.38. The molecule has 4 fully saturated rings.